The highest BCUT2D eigenvalue weighted by atomic mass is 35.5. The van der Waals surface area contributed by atoms with Crippen molar-refractivity contribution in [3.63, 3.8) is 0 Å². The normalized spacial score (nSPS) is 11.9. The number of carbonyl (C=O) groups excluding carboxylic acids is 1. The molecule has 6 heteroatoms. The number of benzene rings is 2. The lowest BCUT2D eigenvalue weighted by Gasteiger charge is -2.17. The smallest absolute Gasteiger partial charge is 0.265 e. The number of ether oxygens (including phenoxy) is 1. The van der Waals surface area contributed by atoms with Gasteiger partial charge in [0, 0.05) is 10.0 Å². The van der Waals surface area contributed by atoms with Crippen molar-refractivity contribution in [1.29, 1.82) is 0 Å². The number of halogens is 3. The van der Waals surface area contributed by atoms with E-state index in [2.05, 4.69) is 5.32 Å². The number of carbonyl (C=O) groups is 1. The molecule has 122 valence electrons. The summed E-state index contributed by atoms with van der Waals surface area (Å²) in [5.41, 5.74) is 2.24. The Bertz CT molecular complexity index is 724. The van der Waals surface area contributed by atoms with E-state index in [1.54, 1.807) is 37.3 Å². The highest BCUT2D eigenvalue weighted by Crippen LogP contribution is 2.28. The molecule has 1 amide bonds. The zero-order valence-electron chi connectivity index (χ0n) is 12.9. The molecule has 2 aromatic rings. The predicted molar refractivity (Wildman–Crippen MR) is 96.1 cm³/mol. The zero-order valence-corrected chi connectivity index (χ0v) is 15.2. The third-order valence-electron chi connectivity index (χ3n) is 3.28. The maximum Gasteiger partial charge on any atom is 0.265 e. The van der Waals surface area contributed by atoms with Gasteiger partial charge in [-0.05, 0) is 62.2 Å². The lowest BCUT2D eigenvalue weighted by Crippen LogP contribution is -2.30. The van der Waals surface area contributed by atoms with Crippen molar-refractivity contribution in [3.8, 4) is 5.75 Å². The Balaban J connectivity index is 2.10. The molecule has 0 radical (unpaired) electrons. The Labute approximate surface area is 150 Å². The van der Waals surface area contributed by atoms with Gasteiger partial charge in [-0.3, -0.25) is 4.79 Å². The van der Waals surface area contributed by atoms with Crippen molar-refractivity contribution in [2.45, 2.75) is 26.9 Å². The molecule has 0 aliphatic carbocycles. The monoisotopic (exact) mass is 371 g/mol. The summed E-state index contributed by atoms with van der Waals surface area (Å²) in [7, 11) is 0. The van der Waals surface area contributed by atoms with E-state index in [9.17, 15) is 4.79 Å². The molecule has 0 aromatic heterocycles. The third-order valence-corrected chi connectivity index (χ3v) is 4.44. The summed E-state index contributed by atoms with van der Waals surface area (Å²) in [5, 5.41) is 4.30. The fourth-order valence-electron chi connectivity index (χ4n) is 2.06. The molecular formula is C17H16Cl3NO2. The first-order valence-electron chi connectivity index (χ1n) is 6.97. The van der Waals surface area contributed by atoms with Crippen LogP contribution in [-0.4, -0.2) is 12.0 Å². The average molecular weight is 373 g/mol. The maximum atomic E-state index is 12.3. The van der Waals surface area contributed by atoms with Crippen molar-refractivity contribution in [1.82, 2.24) is 0 Å². The van der Waals surface area contributed by atoms with Gasteiger partial charge in [0.25, 0.3) is 5.91 Å². The van der Waals surface area contributed by atoms with E-state index in [0.717, 1.165) is 11.1 Å². The second-order valence-corrected chi connectivity index (χ2v) is 6.47. The first kappa shape index (κ1) is 17.9. The molecule has 0 bridgehead atoms. The van der Waals surface area contributed by atoms with E-state index in [0.29, 0.717) is 26.5 Å². The van der Waals surface area contributed by atoms with Gasteiger partial charge in [-0.25, -0.2) is 0 Å². The molecule has 1 atom stereocenters. The summed E-state index contributed by atoms with van der Waals surface area (Å²) >= 11 is 18.1. The highest BCUT2D eigenvalue weighted by Gasteiger charge is 2.17. The Kier molecular flexibility index (Phi) is 5.79. The number of amides is 1. The second kappa shape index (κ2) is 7.43. The van der Waals surface area contributed by atoms with Crippen molar-refractivity contribution in [2.24, 2.45) is 0 Å². The largest absolute Gasteiger partial charge is 0.481 e. The standard InChI is InChI=1S/C17H16Cl3NO2/c1-9-6-13(7-10(2)16(9)20)23-11(3)17(22)21-15-8-12(18)4-5-14(15)19/h4-8,11H,1-3H3,(H,21,22)/t11-/m0/s1. The molecule has 0 aliphatic rings. The number of rotatable bonds is 4. The van der Waals surface area contributed by atoms with Gasteiger partial charge >= 0.3 is 0 Å². The summed E-state index contributed by atoms with van der Waals surface area (Å²) in [5.74, 6) is 0.267. The van der Waals surface area contributed by atoms with Gasteiger partial charge in [0.05, 0.1) is 10.7 Å². The molecule has 0 aliphatic heterocycles. The van der Waals surface area contributed by atoms with Gasteiger partial charge < -0.3 is 10.1 Å². The van der Waals surface area contributed by atoms with Gasteiger partial charge in [0.15, 0.2) is 6.10 Å². The molecule has 0 saturated carbocycles. The highest BCUT2D eigenvalue weighted by molar-refractivity contribution is 6.35. The Morgan fingerprint density at radius 2 is 1.70 bits per heavy atom. The van der Waals surface area contributed by atoms with Gasteiger partial charge in [-0.15, -0.1) is 0 Å². The minimum atomic E-state index is -0.704. The van der Waals surface area contributed by atoms with Crippen LogP contribution in [0.4, 0.5) is 5.69 Å². The van der Waals surface area contributed by atoms with E-state index in [1.807, 2.05) is 13.8 Å². The average Bonchev–Trinajstić information content (AvgIpc) is 2.48. The van der Waals surface area contributed by atoms with Crippen LogP contribution in [0.3, 0.4) is 0 Å². The zero-order chi connectivity index (χ0) is 17.1. The molecule has 0 heterocycles. The van der Waals surface area contributed by atoms with Gasteiger partial charge in [0.1, 0.15) is 5.75 Å². The quantitative estimate of drug-likeness (QED) is 0.751. The molecule has 0 unspecified atom stereocenters. The van der Waals surface area contributed by atoms with Gasteiger partial charge in [-0.1, -0.05) is 34.8 Å². The van der Waals surface area contributed by atoms with Crippen LogP contribution in [0.1, 0.15) is 18.1 Å². The second-order valence-electron chi connectivity index (χ2n) is 5.24. The van der Waals surface area contributed by atoms with Crippen LogP contribution in [0.25, 0.3) is 0 Å². The van der Waals surface area contributed by atoms with Crippen molar-refractivity contribution in [3.05, 3.63) is 56.5 Å². The van der Waals surface area contributed by atoms with E-state index in [1.165, 1.54) is 0 Å². The molecule has 0 saturated heterocycles. The number of anilines is 1. The summed E-state index contributed by atoms with van der Waals surface area (Å²) in [6.07, 6.45) is -0.704. The number of hydrogen-bond acceptors (Lipinski definition) is 2. The topological polar surface area (TPSA) is 38.3 Å². The molecule has 23 heavy (non-hydrogen) atoms. The van der Waals surface area contributed by atoms with Gasteiger partial charge in [-0.2, -0.15) is 0 Å². The maximum absolute atomic E-state index is 12.3. The number of hydrogen-bond donors (Lipinski definition) is 1. The van der Waals surface area contributed by atoms with E-state index >= 15 is 0 Å². The van der Waals surface area contributed by atoms with E-state index in [4.69, 9.17) is 39.5 Å². The van der Waals surface area contributed by atoms with Crippen LogP contribution in [0.5, 0.6) is 5.75 Å². The van der Waals surface area contributed by atoms with Gasteiger partial charge in [0.2, 0.25) is 0 Å². The minimum Gasteiger partial charge on any atom is -0.481 e. The fraction of sp³-hybridized carbons (Fsp3) is 0.235. The SMILES string of the molecule is Cc1cc(O[C@@H](C)C(=O)Nc2cc(Cl)ccc2Cl)cc(C)c1Cl. The predicted octanol–water partition coefficient (Wildman–Crippen LogP) is 5.67. The van der Waals surface area contributed by atoms with Crippen LogP contribution in [0.2, 0.25) is 15.1 Å². The van der Waals surface area contributed by atoms with Crippen molar-refractivity contribution >= 4 is 46.4 Å². The Hall–Kier alpha value is -1.42. The fourth-order valence-corrected chi connectivity index (χ4v) is 2.51. The van der Waals surface area contributed by atoms with Crippen LogP contribution < -0.4 is 10.1 Å². The van der Waals surface area contributed by atoms with Crippen LogP contribution in [0.15, 0.2) is 30.3 Å². The summed E-state index contributed by atoms with van der Waals surface area (Å²) in [4.78, 5) is 12.3. The molecule has 2 aromatic carbocycles. The number of aryl methyl sites for hydroxylation is 2. The van der Waals surface area contributed by atoms with E-state index < -0.39 is 6.10 Å². The lowest BCUT2D eigenvalue weighted by atomic mass is 10.1. The molecule has 0 fully saturated rings. The van der Waals surface area contributed by atoms with Crippen LogP contribution >= 0.6 is 34.8 Å². The van der Waals surface area contributed by atoms with Crippen molar-refractivity contribution < 1.29 is 9.53 Å². The molecule has 1 N–H and O–H groups in total. The van der Waals surface area contributed by atoms with Crippen molar-refractivity contribution in [2.75, 3.05) is 5.32 Å². The van der Waals surface area contributed by atoms with Crippen LogP contribution in [-0.2, 0) is 4.79 Å². The van der Waals surface area contributed by atoms with Crippen LogP contribution in [0, 0.1) is 13.8 Å². The third kappa shape index (κ3) is 4.54. The molecule has 0 spiro atoms. The lowest BCUT2D eigenvalue weighted by molar-refractivity contribution is -0.122. The Morgan fingerprint density at radius 1 is 1.09 bits per heavy atom. The first-order valence-corrected chi connectivity index (χ1v) is 8.10. The minimum absolute atomic E-state index is 0.320. The summed E-state index contributed by atoms with van der Waals surface area (Å²) in [6, 6.07) is 8.46. The summed E-state index contributed by atoms with van der Waals surface area (Å²) < 4.78 is 5.69. The molecule has 3 nitrogen and oxygen atoms in total. The number of nitrogens with one attached hydrogen (secondary N) is 1. The molecule has 2 rings (SSSR count). The first-order chi connectivity index (χ1) is 10.8. The van der Waals surface area contributed by atoms with E-state index in [-0.39, 0.29) is 5.91 Å². The molecular weight excluding hydrogens is 357 g/mol. The Morgan fingerprint density at radius 3 is 2.30 bits per heavy atom. The summed E-state index contributed by atoms with van der Waals surface area (Å²) in [6.45, 7) is 5.43.